The summed E-state index contributed by atoms with van der Waals surface area (Å²) < 4.78 is 3.68. The summed E-state index contributed by atoms with van der Waals surface area (Å²) in [4.78, 5) is 17.8. The van der Waals surface area contributed by atoms with E-state index in [-0.39, 0.29) is 0 Å². The van der Waals surface area contributed by atoms with Gasteiger partial charge in [0.2, 0.25) is 0 Å². The van der Waals surface area contributed by atoms with E-state index < -0.39 is 0 Å². The topological polar surface area (TPSA) is 86.2 Å². The third kappa shape index (κ3) is 2.31. The van der Waals surface area contributed by atoms with Crippen LogP contribution in [0.5, 0.6) is 0 Å². The van der Waals surface area contributed by atoms with Crippen molar-refractivity contribution < 1.29 is 0 Å². The molecule has 8 nitrogen and oxygen atoms in total. The van der Waals surface area contributed by atoms with Crippen molar-refractivity contribution in [2.75, 3.05) is 0 Å². The summed E-state index contributed by atoms with van der Waals surface area (Å²) in [6, 6.07) is 0. The maximum Gasteiger partial charge on any atom is 0.177 e. The predicted octanol–water partition coefficient (Wildman–Crippen LogP) is 1.58. The summed E-state index contributed by atoms with van der Waals surface area (Å²) in [5.74, 6) is 1.55. The highest BCUT2D eigenvalue weighted by atomic mass is 15.3. The SMILES string of the molecule is Cc1ncc(C)n2nc(CCc3nc4c(C)ncc(C)n4n3)nc12. The van der Waals surface area contributed by atoms with Crippen molar-refractivity contribution in [2.24, 2.45) is 0 Å². The van der Waals surface area contributed by atoms with Crippen molar-refractivity contribution in [3.8, 4) is 0 Å². The molecular weight excluding hydrogens is 304 g/mol. The standard InChI is InChI=1S/C16H18N8/c1-9-7-17-11(3)15-19-13(21-23(9)15)5-6-14-20-16-12(4)18-8-10(2)24(16)22-14/h7-8H,5-6H2,1-4H3. The molecule has 8 heteroatoms. The van der Waals surface area contributed by atoms with Gasteiger partial charge in [0.25, 0.3) is 0 Å². The number of hydrogen-bond donors (Lipinski definition) is 0. The fourth-order valence-electron chi connectivity index (χ4n) is 2.71. The molecule has 24 heavy (non-hydrogen) atoms. The van der Waals surface area contributed by atoms with Crippen LogP contribution < -0.4 is 0 Å². The van der Waals surface area contributed by atoms with Gasteiger partial charge >= 0.3 is 0 Å². The molecule has 0 atom stereocenters. The number of hydrogen-bond acceptors (Lipinski definition) is 6. The fourth-order valence-corrected chi connectivity index (χ4v) is 2.71. The van der Waals surface area contributed by atoms with Gasteiger partial charge < -0.3 is 0 Å². The van der Waals surface area contributed by atoms with Gasteiger partial charge in [0.05, 0.1) is 22.8 Å². The van der Waals surface area contributed by atoms with Gasteiger partial charge in [-0.1, -0.05) is 0 Å². The van der Waals surface area contributed by atoms with E-state index in [2.05, 4.69) is 30.1 Å². The molecule has 0 unspecified atom stereocenters. The van der Waals surface area contributed by atoms with Crippen molar-refractivity contribution in [3.63, 3.8) is 0 Å². The first-order valence-electron chi connectivity index (χ1n) is 7.88. The van der Waals surface area contributed by atoms with Crippen molar-refractivity contribution in [1.82, 2.24) is 39.2 Å². The first-order valence-corrected chi connectivity index (χ1v) is 7.88. The minimum Gasteiger partial charge on any atom is -0.256 e. The molecular formula is C16H18N8. The molecule has 0 saturated heterocycles. The Balaban J connectivity index is 1.63. The Morgan fingerprint density at radius 3 is 1.50 bits per heavy atom. The molecule has 0 amide bonds. The Hall–Kier alpha value is -2.90. The summed E-state index contributed by atoms with van der Waals surface area (Å²) in [6.45, 7) is 7.82. The monoisotopic (exact) mass is 322 g/mol. The highest BCUT2D eigenvalue weighted by Gasteiger charge is 2.12. The number of aryl methyl sites for hydroxylation is 6. The van der Waals surface area contributed by atoms with Gasteiger partial charge in [-0.25, -0.2) is 19.0 Å². The molecule has 0 radical (unpaired) electrons. The quantitative estimate of drug-likeness (QED) is 0.569. The van der Waals surface area contributed by atoms with Crippen LogP contribution in [0.4, 0.5) is 0 Å². The van der Waals surface area contributed by atoms with E-state index in [1.54, 1.807) is 0 Å². The molecule has 0 aliphatic rings. The van der Waals surface area contributed by atoms with Crippen LogP contribution in [-0.4, -0.2) is 39.2 Å². The molecule has 0 spiro atoms. The van der Waals surface area contributed by atoms with E-state index in [1.165, 1.54) is 0 Å². The highest BCUT2D eigenvalue weighted by molar-refractivity contribution is 5.44. The average Bonchev–Trinajstić information content (AvgIpc) is 3.18. The maximum atomic E-state index is 4.59. The second kappa shape index (κ2) is 5.33. The molecule has 0 aliphatic carbocycles. The Labute approximate surface area is 138 Å². The Kier molecular flexibility index (Phi) is 3.26. The lowest BCUT2D eigenvalue weighted by Crippen LogP contribution is -1.99. The summed E-state index contributed by atoms with van der Waals surface area (Å²) in [5, 5.41) is 9.14. The molecule has 122 valence electrons. The van der Waals surface area contributed by atoms with Crippen molar-refractivity contribution in [3.05, 3.63) is 46.8 Å². The van der Waals surface area contributed by atoms with Crippen LogP contribution in [0, 0.1) is 27.7 Å². The van der Waals surface area contributed by atoms with Crippen molar-refractivity contribution in [2.45, 2.75) is 40.5 Å². The molecule has 4 aromatic heterocycles. The number of fused-ring (bicyclic) bond motifs is 2. The molecule has 0 N–H and O–H groups in total. The lowest BCUT2D eigenvalue weighted by atomic mass is 10.3. The van der Waals surface area contributed by atoms with Crippen LogP contribution in [0.3, 0.4) is 0 Å². The molecule has 0 aromatic carbocycles. The van der Waals surface area contributed by atoms with Gasteiger partial charge in [0.1, 0.15) is 0 Å². The van der Waals surface area contributed by atoms with E-state index in [9.17, 15) is 0 Å². The highest BCUT2D eigenvalue weighted by Crippen LogP contribution is 2.11. The molecule has 4 heterocycles. The number of aromatic nitrogens is 8. The van der Waals surface area contributed by atoms with Gasteiger partial charge in [-0.15, -0.1) is 0 Å². The van der Waals surface area contributed by atoms with Crippen LogP contribution in [-0.2, 0) is 12.8 Å². The average molecular weight is 322 g/mol. The lowest BCUT2D eigenvalue weighted by molar-refractivity contribution is 0.775. The minimum atomic E-state index is 0.683. The zero-order valence-electron chi connectivity index (χ0n) is 14.1. The summed E-state index contributed by atoms with van der Waals surface area (Å²) in [6.07, 6.45) is 4.98. The summed E-state index contributed by atoms with van der Waals surface area (Å²) >= 11 is 0. The summed E-state index contributed by atoms with van der Waals surface area (Å²) in [7, 11) is 0. The van der Waals surface area contributed by atoms with Crippen molar-refractivity contribution >= 4 is 11.3 Å². The first-order chi connectivity index (χ1) is 11.5. The molecule has 0 aliphatic heterocycles. The number of nitrogens with zero attached hydrogens (tertiary/aromatic N) is 8. The van der Waals surface area contributed by atoms with E-state index in [4.69, 9.17) is 0 Å². The zero-order chi connectivity index (χ0) is 16.8. The van der Waals surface area contributed by atoms with E-state index in [0.29, 0.717) is 12.8 Å². The van der Waals surface area contributed by atoms with E-state index in [0.717, 1.165) is 45.7 Å². The summed E-state index contributed by atoms with van der Waals surface area (Å²) in [5.41, 5.74) is 5.31. The molecule has 0 saturated carbocycles. The van der Waals surface area contributed by atoms with Crippen LogP contribution in [0.25, 0.3) is 11.3 Å². The van der Waals surface area contributed by atoms with Gasteiger partial charge in [-0.05, 0) is 27.7 Å². The van der Waals surface area contributed by atoms with Crippen LogP contribution in [0.2, 0.25) is 0 Å². The lowest BCUT2D eigenvalue weighted by Gasteiger charge is -1.97. The predicted molar refractivity (Wildman–Crippen MR) is 87.9 cm³/mol. The third-order valence-corrected chi connectivity index (χ3v) is 4.08. The Bertz CT molecular complexity index is 895. The van der Waals surface area contributed by atoms with Gasteiger partial charge in [0.15, 0.2) is 22.9 Å². The normalized spacial score (nSPS) is 11.7. The fraction of sp³-hybridized carbons (Fsp3) is 0.375. The smallest absolute Gasteiger partial charge is 0.177 e. The van der Waals surface area contributed by atoms with Crippen LogP contribution in [0.1, 0.15) is 34.4 Å². The Morgan fingerprint density at radius 1 is 0.708 bits per heavy atom. The van der Waals surface area contributed by atoms with Crippen LogP contribution >= 0.6 is 0 Å². The molecule has 0 fully saturated rings. The zero-order valence-corrected chi connectivity index (χ0v) is 14.1. The molecule has 4 rings (SSSR count). The first kappa shape index (κ1) is 14.7. The third-order valence-electron chi connectivity index (χ3n) is 4.08. The number of rotatable bonds is 3. The largest absolute Gasteiger partial charge is 0.256 e. The molecule has 0 bridgehead atoms. The van der Waals surface area contributed by atoms with Gasteiger partial charge in [-0.3, -0.25) is 9.97 Å². The van der Waals surface area contributed by atoms with E-state index in [1.807, 2.05) is 49.1 Å². The van der Waals surface area contributed by atoms with Crippen LogP contribution in [0.15, 0.2) is 12.4 Å². The second-order valence-electron chi connectivity index (χ2n) is 6.00. The Morgan fingerprint density at radius 2 is 1.12 bits per heavy atom. The molecule has 4 aromatic rings. The van der Waals surface area contributed by atoms with Gasteiger partial charge in [-0.2, -0.15) is 10.2 Å². The van der Waals surface area contributed by atoms with Gasteiger partial charge in [0, 0.05) is 25.2 Å². The second-order valence-corrected chi connectivity index (χ2v) is 6.00. The van der Waals surface area contributed by atoms with E-state index >= 15 is 0 Å². The minimum absolute atomic E-state index is 0.683. The maximum absolute atomic E-state index is 4.59. The van der Waals surface area contributed by atoms with Crippen molar-refractivity contribution in [1.29, 1.82) is 0 Å².